The van der Waals surface area contributed by atoms with Crippen molar-refractivity contribution in [2.75, 3.05) is 5.01 Å². The number of nitrogens with one attached hydrogen (secondary N) is 1. The van der Waals surface area contributed by atoms with E-state index in [-0.39, 0.29) is 18.1 Å². The molecule has 0 fully saturated rings. The third kappa shape index (κ3) is 5.31. The van der Waals surface area contributed by atoms with Gasteiger partial charge in [-0.2, -0.15) is 5.10 Å². The van der Waals surface area contributed by atoms with Gasteiger partial charge in [0.1, 0.15) is 17.4 Å². The Balaban J connectivity index is 2.27. The Bertz CT molecular complexity index is 768. The Morgan fingerprint density at radius 3 is 2.32 bits per heavy atom. The van der Waals surface area contributed by atoms with Crippen LogP contribution in [-0.4, -0.2) is 41.2 Å². The first kappa shape index (κ1) is 21.4. The number of hydrogen-bond donors (Lipinski definition) is 2. The van der Waals surface area contributed by atoms with E-state index in [1.54, 1.807) is 46.8 Å². The van der Waals surface area contributed by atoms with Crippen LogP contribution in [0, 0.1) is 5.92 Å². The molecule has 2 rings (SSSR count). The van der Waals surface area contributed by atoms with Gasteiger partial charge in [0.2, 0.25) is 5.91 Å². The van der Waals surface area contributed by atoms with Crippen molar-refractivity contribution in [3.63, 3.8) is 0 Å². The third-order valence-electron chi connectivity index (χ3n) is 4.13. The molecule has 3 N–H and O–H groups in total. The summed E-state index contributed by atoms with van der Waals surface area (Å²) < 4.78 is 5.50. The van der Waals surface area contributed by atoms with Gasteiger partial charge in [-0.05, 0) is 38.8 Å². The Kier molecular flexibility index (Phi) is 6.43. The second-order valence-corrected chi connectivity index (χ2v) is 8.08. The molecular weight excluding hydrogens is 360 g/mol. The number of para-hydroxylation sites is 1. The van der Waals surface area contributed by atoms with Crippen molar-refractivity contribution < 1.29 is 19.1 Å². The highest BCUT2D eigenvalue weighted by Gasteiger charge is 2.39. The minimum atomic E-state index is -0.819. The molecule has 8 nitrogen and oxygen atoms in total. The first-order valence-corrected chi connectivity index (χ1v) is 9.24. The lowest BCUT2D eigenvalue weighted by atomic mass is 10.0. The van der Waals surface area contributed by atoms with Crippen molar-refractivity contribution in [2.24, 2.45) is 16.8 Å². The number of ether oxygens (including phenoxy) is 1. The molecule has 0 aliphatic carbocycles. The molecule has 0 spiro atoms. The predicted octanol–water partition coefficient (Wildman–Crippen LogP) is 1.59. The third-order valence-corrected chi connectivity index (χ3v) is 4.13. The number of anilines is 1. The molecule has 8 heteroatoms. The van der Waals surface area contributed by atoms with E-state index in [9.17, 15) is 14.4 Å². The van der Waals surface area contributed by atoms with E-state index in [4.69, 9.17) is 10.5 Å². The van der Waals surface area contributed by atoms with Crippen molar-refractivity contribution in [1.29, 1.82) is 0 Å². The molecule has 1 heterocycles. The number of carbonyl (C=O) groups excluding carboxylic acids is 3. The van der Waals surface area contributed by atoms with Gasteiger partial charge >= 0.3 is 5.97 Å². The van der Waals surface area contributed by atoms with Gasteiger partial charge in [0.15, 0.2) is 6.04 Å². The van der Waals surface area contributed by atoms with Crippen LogP contribution in [0.25, 0.3) is 0 Å². The Hall–Kier alpha value is -2.90. The van der Waals surface area contributed by atoms with Crippen LogP contribution < -0.4 is 16.1 Å². The lowest BCUT2D eigenvalue weighted by molar-refractivity contribution is -0.156. The van der Waals surface area contributed by atoms with Crippen LogP contribution in [0.5, 0.6) is 0 Å². The summed E-state index contributed by atoms with van der Waals surface area (Å²) >= 11 is 0. The molecule has 0 radical (unpaired) electrons. The molecule has 1 aliphatic rings. The summed E-state index contributed by atoms with van der Waals surface area (Å²) in [5, 5.41) is 8.45. The highest BCUT2D eigenvalue weighted by atomic mass is 16.6. The van der Waals surface area contributed by atoms with E-state index < -0.39 is 35.5 Å². The summed E-state index contributed by atoms with van der Waals surface area (Å²) in [5.74, 6) is -1.79. The number of benzene rings is 1. The molecular formula is C20H28N4O4. The first-order chi connectivity index (χ1) is 13.0. The average Bonchev–Trinajstić information content (AvgIpc) is 3.04. The van der Waals surface area contributed by atoms with Crippen molar-refractivity contribution >= 4 is 29.2 Å². The van der Waals surface area contributed by atoms with Gasteiger partial charge in [0.05, 0.1) is 5.69 Å². The van der Waals surface area contributed by atoms with Gasteiger partial charge in [-0.15, -0.1) is 0 Å². The fraction of sp³-hybridized carbons (Fsp3) is 0.500. The van der Waals surface area contributed by atoms with E-state index in [1.165, 1.54) is 5.01 Å². The predicted molar refractivity (Wildman–Crippen MR) is 107 cm³/mol. The molecule has 0 saturated carbocycles. The van der Waals surface area contributed by atoms with Crippen molar-refractivity contribution in [1.82, 2.24) is 5.32 Å². The van der Waals surface area contributed by atoms with Crippen LogP contribution in [0.1, 0.15) is 41.0 Å². The minimum Gasteiger partial charge on any atom is -0.458 e. The van der Waals surface area contributed by atoms with Crippen LogP contribution in [0.3, 0.4) is 0 Å². The molecule has 1 aromatic rings. The van der Waals surface area contributed by atoms with Crippen molar-refractivity contribution in [3.05, 3.63) is 30.3 Å². The van der Waals surface area contributed by atoms with Gasteiger partial charge in [0, 0.05) is 6.42 Å². The maximum atomic E-state index is 12.7. The van der Waals surface area contributed by atoms with Gasteiger partial charge in [-0.25, -0.2) is 4.79 Å². The molecule has 2 amide bonds. The number of amides is 2. The van der Waals surface area contributed by atoms with Crippen LogP contribution >= 0.6 is 0 Å². The largest absolute Gasteiger partial charge is 0.458 e. The fourth-order valence-corrected chi connectivity index (χ4v) is 2.81. The van der Waals surface area contributed by atoms with E-state index in [1.807, 2.05) is 18.2 Å². The van der Waals surface area contributed by atoms with E-state index >= 15 is 0 Å². The molecule has 2 atom stereocenters. The molecule has 1 aromatic carbocycles. The summed E-state index contributed by atoms with van der Waals surface area (Å²) in [4.78, 5) is 37.0. The molecule has 0 unspecified atom stereocenters. The summed E-state index contributed by atoms with van der Waals surface area (Å²) in [6.45, 7) is 8.90. The first-order valence-electron chi connectivity index (χ1n) is 9.24. The summed E-state index contributed by atoms with van der Waals surface area (Å²) in [5.41, 5.74) is 5.51. The van der Waals surface area contributed by atoms with E-state index in [0.29, 0.717) is 5.69 Å². The quantitative estimate of drug-likeness (QED) is 0.718. The normalized spacial score (nSPS) is 17.9. The van der Waals surface area contributed by atoms with Gasteiger partial charge in [-0.1, -0.05) is 32.0 Å². The summed E-state index contributed by atoms with van der Waals surface area (Å²) in [6, 6.07) is 7.48. The van der Waals surface area contributed by atoms with Gasteiger partial charge < -0.3 is 15.8 Å². The average molecular weight is 388 g/mol. The van der Waals surface area contributed by atoms with Gasteiger partial charge in [0.25, 0.3) is 5.91 Å². The van der Waals surface area contributed by atoms with Gasteiger partial charge in [-0.3, -0.25) is 14.6 Å². The summed E-state index contributed by atoms with van der Waals surface area (Å²) in [7, 11) is 0. The molecule has 0 bridgehead atoms. The molecule has 0 aromatic heterocycles. The van der Waals surface area contributed by atoms with Crippen molar-refractivity contribution in [2.45, 2.75) is 58.7 Å². The number of esters is 1. The lowest BCUT2D eigenvalue weighted by Crippen LogP contribution is -2.49. The maximum Gasteiger partial charge on any atom is 0.331 e. The molecule has 152 valence electrons. The molecule has 0 saturated heterocycles. The maximum absolute atomic E-state index is 12.7. The number of nitrogens with zero attached hydrogens (tertiary/aromatic N) is 2. The van der Waals surface area contributed by atoms with Crippen molar-refractivity contribution in [3.8, 4) is 0 Å². The number of hydrazone groups is 1. The monoisotopic (exact) mass is 388 g/mol. The number of hydrogen-bond acceptors (Lipinski definition) is 6. The van der Waals surface area contributed by atoms with Crippen LogP contribution in [-0.2, 0) is 19.1 Å². The van der Waals surface area contributed by atoms with Crippen LogP contribution in [0.2, 0.25) is 0 Å². The fourth-order valence-electron chi connectivity index (χ4n) is 2.81. The van der Waals surface area contributed by atoms with Crippen LogP contribution in [0.15, 0.2) is 35.4 Å². The lowest BCUT2D eigenvalue weighted by Gasteiger charge is -2.26. The second-order valence-electron chi connectivity index (χ2n) is 8.08. The standard InChI is InChI=1S/C20H28N4O4/c1-12(2)16(17(21)25)22-18(26)14-11-15(19(27)28-20(3,4)5)24(23-14)13-9-7-6-8-10-13/h6-10,12,15-16H,11H2,1-5H3,(H2,21,25)(H,22,26)/t15-,16-/m1/s1. The van der Waals surface area contributed by atoms with E-state index in [0.717, 1.165) is 0 Å². The van der Waals surface area contributed by atoms with E-state index in [2.05, 4.69) is 10.4 Å². The number of nitrogens with two attached hydrogens (primary N) is 1. The smallest absolute Gasteiger partial charge is 0.331 e. The molecule has 28 heavy (non-hydrogen) atoms. The SMILES string of the molecule is CC(C)[C@@H](NC(=O)C1=NN(c2ccccc2)[C@@H](C(=O)OC(C)(C)C)C1)C(N)=O. The minimum absolute atomic E-state index is 0.0687. The highest BCUT2D eigenvalue weighted by Crippen LogP contribution is 2.26. The Morgan fingerprint density at radius 1 is 1.21 bits per heavy atom. The molecule has 1 aliphatic heterocycles. The van der Waals surface area contributed by atoms with Crippen LogP contribution in [0.4, 0.5) is 5.69 Å². The number of primary amides is 1. The Labute approximate surface area is 165 Å². The zero-order chi connectivity index (χ0) is 21.1. The topological polar surface area (TPSA) is 114 Å². The second kappa shape index (κ2) is 8.41. The number of carbonyl (C=O) groups is 3. The summed E-state index contributed by atoms with van der Waals surface area (Å²) in [6.07, 6.45) is 0.0687. The Morgan fingerprint density at radius 2 is 1.82 bits per heavy atom. The number of rotatable bonds is 6. The highest BCUT2D eigenvalue weighted by molar-refractivity contribution is 6.40. The zero-order valence-corrected chi connectivity index (χ0v) is 16.9. The zero-order valence-electron chi connectivity index (χ0n) is 16.9.